The van der Waals surface area contributed by atoms with Crippen molar-refractivity contribution < 1.29 is 18.8 Å². The number of carbonyl (C=O) groups is 2. The zero-order chi connectivity index (χ0) is 17.8. The molecule has 1 aliphatic rings. The molecule has 0 unspecified atom stereocenters. The van der Waals surface area contributed by atoms with Gasteiger partial charge in [-0.3, -0.25) is 4.79 Å². The molecule has 1 aromatic carbocycles. The number of hydrogen-bond acceptors (Lipinski definition) is 6. The largest absolute Gasteiger partial charge is 0.449 e. The molecule has 7 heteroatoms. The fourth-order valence-electron chi connectivity index (χ4n) is 2.22. The summed E-state index contributed by atoms with van der Waals surface area (Å²) in [7, 11) is 0. The number of nitrogens with one attached hydrogen (secondary N) is 1. The third kappa shape index (κ3) is 4.85. The van der Waals surface area contributed by atoms with Crippen LogP contribution in [0, 0.1) is 6.92 Å². The van der Waals surface area contributed by atoms with Crippen LogP contribution in [-0.4, -0.2) is 29.2 Å². The lowest BCUT2D eigenvalue weighted by Crippen LogP contribution is -2.37. The number of aromatic nitrogens is 1. The maximum atomic E-state index is 12.4. The first kappa shape index (κ1) is 17.5. The van der Waals surface area contributed by atoms with E-state index in [-0.39, 0.29) is 11.9 Å². The van der Waals surface area contributed by atoms with Crippen molar-refractivity contribution in [2.75, 3.05) is 0 Å². The first-order valence-electron chi connectivity index (χ1n) is 8.18. The highest BCUT2D eigenvalue weighted by molar-refractivity contribution is 7.98. The van der Waals surface area contributed by atoms with E-state index >= 15 is 0 Å². The van der Waals surface area contributed by atoms with Crippen LogP contribution >= 0.6 is 11.8 Å². The Bertz CT molecular complexity index is 770. The van der Waals surface area contributed by atoms with Crippen LogP contribution in [0.4, 0.5) is 0 Å². The first-order valence-corrected chi connectivity index (χ1v) is 9.17. The van der Waals surface area contributed by atoms with E-state index in [0.717, 1.165) is 29.2 Å². The quantitative estimate of drug-likeness (QED) is 0.604. The van der Waals surface area contributed by atoms with E-state index in [0.29, 0.717) is 11.3 Å². The van der Waals surface area contributed by atoms with Crippen molar-refractivity contribution in [1.82, 2.24) is 10.5 Å². The molecule has 132 valence electrons. The number of esters is 1. The SMILES string of the molecule is Cc1cc(CSc2ccccc2C(=O)O[C@H](C)C(=O)NC2CC2)no1. The van der Waals surface area contributed by atoms with Crippen LogP contribution in [-0.2, 0) is 15.3 Å². The Labute approximate surface area is 150 Å². The summed E-state index contributed by atoms with van der Waals surface area (Å²) in [6, 6.07) is 9.28. The Morgan fingerprint density at radius 2 is 2.16 bits per heavy atom. The highest BCUT2D eigenvalue weighted by atomic mass is 32.2. The molecule has 0 aliphatic heterocycles. The van der Waals surface area contributed by atoms with Gasteiger partial charge in [-0.05, 0) is 38.8 Å². The molecule has 6 nitrogen and oxygen atoms in total. The average molecular weight is 360 g/mol. The zero-order valence-electron chi connectivity index (χ0n) is 14.2. The van der Waals surface area contributed by atoms with E-state index in [1.165, 1.54) is 11.8 Å². The van der Waals surface area contributed by atoms with Crippen LogP contribution in [0.2, 0.25) is 0 Å². The maximum Gasteiger partial charge on any atom is 0.340 e. The van der Waals surface area contributed by atoms with Crippen molar-refractivity contribution in [3.63, 3.8) is 0 Å². The molecular formula is C18H20N2O4S. The summed E-state index contributed by atoms with van der Waals surface area (Å²) >= 11 is 1.47. The minimum absolute atomic E-state index is 0.238. The summed E-state index contributed by atoms with van der Waals surface area (Å²) in [4.78, 5) is 25.2. The molecule has 0 radical (unpaired) electrons. The van der Waals surface area contributed by atoms with Gasteiger partial charge in [0, 0.05) is 22.8 Å². The summed E-state index contributed by atoms with van der Waals surface area (Å²) in [6.45, 7) is 3.42. The summed E-state index contributed by atoms with van der Waals surface area (Å²) in [6.07, 6.45) is 1.17. The van der Waals surface area contributed by atoms with E-state index in [4.69, 9.17) is 9.26 Å². The van der Waals surface area contributed by atoms with E-state index < -0.39 is 12.1 Å². The second-order valence-corrected chi connectivity index (χ2v) is 7.06. The summed E-state index contributed by atoms with van der Waals surface area (Å²) in [5.41, 5.74) is 1.25. The molecule has 1 N–H and O–H groups in total. The van der Waals surface area contributed by atoms with Gasteiger partial charge < -0.3 is 14.6 Å². The molecule has 1 heterocycles. The molecule has 0 bridgehead atoms. The normalized spacial score (nSPS) is 14.8. The number of nitrogens with zero attached hydrogens (tertiary/aromatic N) is 1. The predicted molar refractivity (Wildman–Crippen MR) is 93.3 cm³/mol. The van der Waals surface area contributed by atoms with Gasteiger partial charge in [-0.15, -0.1) is 11.8 Å². The van der Waals surface area contributed by atoms with Crippen molar-refractivity contribution in [3.05, 3.63) is 47.3 Å². The maximum absolute atomic E-state index is 12.4. The number of thioether (sulfide) groups is 1. The van der Waals surface area contributed by atoms with Crippen LogP contribution in [0.1, 0.15) is 41.6 Å². The van der Waals surface area contributed by atoms with E-state index in [1.54, 1.807) is 19.1 Å². The topological polar surface area (TPSA) is 81.4 Å². The molecule has 3 rings (SSSR count). The van der Waals surface area contributed by atoms with Gasteiger partial charge in [-0.25, -0.2) is 4.79 Å². The monoisotopic (exact) mass is 360 g/mol. The molecule has 25 heavy (non-hydrogen) atoms. The summed E-state index contributed by atoms with van der Waals surface area (Å²) in [5.74, 6) is 0.579. The molecule has 0 spiro atoms. The fraction of sp³-hybridized carbons (Fsp3) is 0.389. The van der Waals surface area contributed by atoms with E-state index in [1.807, 2.05) is 25.1 Å². The summed E-state index contributed by atoms with van der Waals surface area (Å²) < 4.78 is 10.4. The fourth-order valence-corrected chi connectivity index (χ4v) is 3.14. The smallest absolute Gasteiger partial charge is 0.340 e. The second-order valence-electron chi connectivity index (χ2n) is 6.04. The number of amides is 1. The molecule has 1 amide bonds. The highest BCUT2D eigenvalue weighted by Gasteiger charge is 2.27. The van der Waals surface area contributed by atoms with Gasteiger partial charge in [-0.2, -0.15) is 0 Å². The number of aryl methyl sites for hydroxylation is 1. The third-order valence-electron chi connectivity index (χ3n) is 3.74. The minimum Gasteiger partial charge on any atom is -0.449 e. The zero-order valence-corrected chi connectivity index (χ0v) is 15.0. The van der Waals surface area contributed by atoms with E-state index in [9.17, 15) is 9.59 Å². The van der Waals surface area contributed by atoms with Crippen LogP contribution in [0.15, 0.2) is 39.8 Å². The average Bonchev–Trinajstić information content (AvgIpc) is 3.32. The Balaban J connectivity index is 1.62. The number of rotatable bonds is 7. The van der Waals surface area contributed by atoms with Gasteiger partial charge in [0.2, 0.25) is 0 Å². The molecule has 1 saturated carbocycles. The lowest BCUT2D eigenvalue weighted by atomic mass is 10.2. The molecule has 2 aromatic rings. The number of benzene rings is 1. The van der Waals surface area contributed by atoms with Gasteiger partial charge >= 0.3 is 5.97 Å². The van der Waals surface area contributed by atoms with Gasteiger partial charge in [0.25, 0.3) is 5.91 Å². The van der Waals surface area contributed by atoms with Gasteiger partial charge in [0.1, 0.15) is 5.76 Å². The van der Waals surface area contributed by atoms with Crippen LogP contribution in [0.5, 0.6) is 0 Å². The Morgan fingerprint density at radius 3 is 2.84 bits per heavy atom. The van der Waals surface area contributed by atoms with Crippen molar-refractivity contribution in [2.24, 2.45) is 0 Å². The number of ether oxygens (including phenoxy) is 1. The van der Waals surface area contributed by atoms with Gasteiger partial charge in [0.15, 0.2) is 6.10 Å². The molecule has 1 fully saturated rings. The van der Waals surface area contributed by atoms with Crippen molar-refractivity contribution in [2.45, 2.75) is 49.5 Å². The third-order valence-corrected chi connectivity index (χ3v) is 4.84. The first-order chi connectivity index (χ1) is 12.0. The van der Waals surface area contributed by atoms with E-state index in [2.05, 4.69) is 10.5 Å². The van der Waals surface area contributed by atoms with Crippen molar-refractivity contribution in [1.29, 1.82) is 0 Å². The summed E-state index contributed by atoms with van der Waals surface area (Å²) in [5, 5.41) is 6.78. The number of carbonyl (C=O) groups excluding carboxylic acids is 2. The minimum atomic E-state index is -0.815. The standard InChI is InChI=1S/C18H20N2O4S/c1-11-9-14(20-24-11)10-25-16-6-4-3-5-15(16)18(22)23-12(2)17(21)19-13-7-8-13/h3-6,9,12-13H,7-8,10H2,1-2H3,(H,19,21)/t12-/m1/s1. The van der Waals surface area contributed by atoms with Crippen molar-refractivity contribution >= 4 is 23.6 Å². The molecular weight excluding hydrogens is 340 g/mol. The van der Waals surface area contributed by atoms with Crippen LogP contribution < -0.4 is 5.32 Å². The second kappa shape index (κ2) is 7.74. The van der Waals surface area contributed by atoms with Crippen LogP contribution in [0.3, 0.4) is 0 Å². The highest BCUT2D eigenvalue weighted by Crippen LogP contribution is 2.27. The lowest BCUT2D eigenvalue weighted by Gasteiger charge is -2.14. The predicted octanol–water partition coefficient (Wildman–Crippen LogP) is 3.10. The Kier molecular flexibility index (Phi) is 5.43. The van der Waals surface area contributed by atoms with Gasteiger partial charge in [0.05, 0.1) is 11.3 Å². The lowest BCUT2D eigenvalue weighted by molar-refractivity contribution is -0.129. The number of hydrogen-bond donors (Lipinski definition) is 1. The van der Waals surface area contributed by atoms with Gasteiger partial charge in [-0.1, -0.05) is 17.3 Å². The Morgan fingerprint density at radius 1 is 1.40 bits per heavy atom. The molecule has 1 aromatic heterocycles. The van der Waals surface area contributed by atoms with Crippen molar-refractivity contribution in [3.8, 4) is 0 Å². The molecule has 0 saturated heterocycles. The molecule has 1 aliphatic carbocycles. The van der Waals surface area contributed by atoms with Crippen LogP contribution in [0.25, 0.3) is 0 Å². The molecule has 1 atom stereocenters. The Hall–Kier alpha value is -2.28.